The molecule has 0 spiro atoms. The molecule has 0 aliphatic heterocycles. The fourth-order valence-corrected chi connectivity index (χ4v) is 1.47. The highest BCUT2D eigenvalue weighted by atomic mass is 19.1. The van der Waals surface area contributed by atoms with Crippen molar-refractivity contribution in [3.8, 4) is 6.07 Å². The molecule has 1 N–H and O–H groups in total. The summed E-state index contributed by atoms with van der Waals surface area (Å²) in [6, 6.07) is 8.08. The lowest BCUT2D eigenvalue weighted by molar-refractivity contribution is -0.120. The Bertz CT molecular complexity index is 449. The largest absolute Gasteiger partial charge is 0.354 e. The van der Waals surface area contributed by atoms with Crippen molar-refractivity contribution in [1.82, 2.24) is 5.32 Å². The van der Waals surface area contributed by atoms with Gasteiger partial charge in [-0.1, -0.05) is 26.0 Å². The third kappa shape index (κ3) is 3.87. The Morgan fingerprint density at radius 3 is 2.82 bits per heavy atom. The number of hydrogen-bond donors (Lipinski definition) is 1. The van der Waals surface area contributed by atoms with Crippen molar-refractivity contribution in [1.29, 1.82) is 5.26 Å². The van der Waals surface area contributed by atoms with E-state index in [2.05, 4.69) is 5.32 Å². The van der Waals surface area contributed by atoms with Crippen molar-refractivity contribution >= 4 is 5.91 Å². The summed E-state index contributed by atoms with van der Waals surface area (Å²) in [4.78, 5) is 11.2. The van der Waals surface area contributed by atoms with Crippen molar-refractivity contribution in [3.63, 3.8) is 0 Å². The van der Waals surface area contributed by atoms with Gasteiger partial charge < -0.3 is 5.32 Å². The van der Waals surface area contributed by atoms with Crippen LogP contribution in [0.25, 0.3) is 0 Å². The molecule has 0 bridgehead atoms. The van der Waals surface area contributed by atoms with Crippen molar-refractivity contribution in [3.05, 3.63) is 35.6 Å². The van der Waals surface area contributed by atoms with Gasteiger partial charge in [0.1, 0.15) is 12.2 Å². The number of rotatable bonds is 4. The zero-order valence-corrected chi connectivity index (χ0v) is 9.96. The average molecular weight is 234 g/mol. The second-order valence-electron chi connectivity index (χ2n) is 4.51. The van der Waals surface area contributed by atoms with E-state index < -0.39 is 0 Å². The van der Waals surface area contributed by atoms with Crippen LogP contribution in [0, 0.1) is 17.1 Å². The Labute approximate surface area is 100 Å². The smallest absolute Gasteiger partial charge is 0.234 e. The SMILES string of the molecule is CC(C)(CNC(=O)CC#N)c1cccc(F)c1. The van der Waals surface area contributed by atoms with E-state index in [0.29, 0.717) is 6.54 Å². The Morgan fingerprint density at radius 2 is 2.24 bits per heavy atom. The lowest BCUT2D eigenvalue weighted by Crippen LogP contribution is -2.36. The topological polar surface area (TPSA) is 52.9 Å². The highest BCUT2D eigenvalue weighted by Crippen LogP contribution is 2.22. The van der Waals surface area contributed by atoms with E-state index >= 15 is 0 Å². The summed E-state index contributed by atoms with van der Waals surface area (Å²) in [7, 11) is 0. The normalized spacial score (nSPS) is 10.7. The van der Waals surface area contributed by atoms with Crippen LogP contribution < -0.4 is 5.32 Å². The third-order valence-electron chi connectivity index (χ3n) is 2.57. The molecule has 90 valence electrons. The standard InChI is InChI=1S/C13H15FN2O/c1-13(2,9-16-12(17)6-7-15)10-4-3-5-11(14)8-10/h3-5,8H,6,9H2,1-2H3,(H,16,17). The summed E-state index contributed by atoms with van der Waals surface area (Å²) in [6.07, 6.45) is -0.154. The van der Waals surface area contributed by atoms with Crippen molar-refractivity contribution in [2.24, 2.45) is 0 Å². The number of halogens is 1. The van der Waals surface area contributed by atoms with Gasteiger partial charge in [0.05, 0.1) is 6.07 Å². The van der Waals surface area contributed by atoms with Crippen LogP contribution in [-0.2, 0) is 10.2 Å². The molecule has 1 aromatic rings. The molecule has 0 aliphatic rings. The first-order valence-corrected chi connectivity index (χ1v) is 5.35. The fraction of sp³-hybridized carbons (Fsp3) is 0.385. The van der Waals surface area contributed by atoms with Crippen LogP contribution in [-0.4, -0.2) is 12.5 Å². The van der Waals surface area contributed by atoms with Crippen LogP contribution in [0.1, 0.15) is 25.8 Å². The molecule has 1 aromatic carbocycles. The second kappa shape index (κ2) is 5.44. The van der Waals surface area contributed by atoms with Crippen molar-refractivity contribution in [2.45, 2.75) is 25.7 Å². The first-order valence-electron chi connectivity index (χ1n) is 5.35. The van der Waals surface area contributed by atoms with E-state index in [9.17, 15) is 9.18 Å². The quantitative estimate of drug-likeness (QED) is 0.867. The molecule has 0 fully saturated rings. The zero-order valence-electron chi connectivity index (χ0n) is 9.96. The predicted octanol–water partition coefficient (Wildman–Crippen LogP) is 2.13. The van der Waals surface area contributed by atoms with Crippen LogP contribution in [0.15, 0.2) is 24.3 Å². The van der Waals surface area contributed by atoms with Crippen molar-refractivity contribution in [2.75, 3.05) is 6.54 Å². The number of nitrogens with one attached hydrogen (secondary N) is 1. The summed E-state index contributed by atoms with van der Waals surface area (Å²) in [6.45, 7) is 4.19. The number of carbonyl (C=O) groups is 1. The highest BCUT2D eigenvalue weighted by Gasteiger charge is 2.21. The van der Waals surface area contributed by atoms with E-state index in [1.54, 1.807) is 12.1 Å². The molecule has 0 heterocycles. The Hall–Kier alpha value is -1.89. The molecule has 1 amide bonds. The Balaban J connectivity index is 2.69. The lowest BCUT2D eigenvalue weighted by atomic mass is 9.84. The van der Waals surface area contributed by atoms with Crippen molar-refractivity contribution < 1.29 is 9.18 Å². The lowest BCUT2D eigenvalue weighted by Gasteiger charge is -2.25. The maximum Gasteiger partial charge on any atom is 0.234 e. The molecule has 0 aromatic heterocycles. The molecule has 3 nitrogen and oxygen atoms in total. The van der Waals surface area contributed by atoms with Crippen LogP contribution >= 0.6 is 0 Å². The predicted molar refractivity (Wildman–Crippen MR) is 62.7 cm³/mol. The van der Waals surface area contributed by atoms with E-state index in [4.69, 9.17) is 5.26 Å². The highest BCUT2D eigenvalue weighted by molar-refractivity contribution is 5.78. The number of nitrogens with zero attached hydrogens (tertiary/aromatic N) is 1. The maximum atomic E-state index is 13.1. The Kier molecular flexibility index (Phi) is 4.22. The first-order chi connectivity index (χ1) is 7.95. The first kappa shape index (κ1) is 13.2. The molecular weight excluding hydrogens is 219 g/mol. The van der Waals surface area contributed by atoms with E-state index in [-0.39, 0.29) is 23.6 Å². The van der Waals surface area contributed by atoms with Gasteiger partial charge in [-0.3, -0.25) is 4.79 Å². The maximum absolute atomic E-state index is 13.1. The summed E-state index contributed by atoms with van der Waals surface area (Å²) in [5, 5.41) is 11.0. The minimum Gasteiger partial charge on any atom is -0.354 e. The summed E-state index contributed by atoms with van der Waals surface area (Å²) in [5.41, 5.74) is 0.447. The molecule has 0 unspecified atom stereocenters. The number of carbonyl (C=O) groups excluding carboxylic acids is 1. The zero-order chi connectivity index (χ0) is 12.9. The summed E-state index contributed by atoms with van der Waals surface area (Å²) in [5.74, 6) is -0.601. The fourth-order valence-electron chi connectivity index (χ4n) is 1.47. The molecule has 0 saturated carbocycles. The van der Waals surface area contributed by atoms with Crippen LogP contribution in [0.5, 0.6) is 0 Å². The van der Waals surface area contributed by atoms with Gasteiger partial charge in [-0.25, -0.2) is 4.39 Å². The minimum atomic E-state index is -0.368. The minimum absolute atomic E-state index is 0.154. The Morgan fingerprint density at radius 1 is 1.53 bits per heavy atom. The number of nitriles is 1. The van der Waals surface area contributed by atoms with Gasteiger partial charge in [-0.2, -0.15) is 5.26 Å². The van der Waals surface area contributed by atoms with E-state index in [1.807, 2.05) is 19.9 Å². The van der Waals surface area contributed by atoms with E-state index in [0.717, 1.165) is 5.56 Å². The molecule has 1 rings (SSSR count). The number of benzene rings is 1. The molecular formula is C13H15FN2O. The van der Waals surface area contributed by atoms with Gasteiger partial charge >= 0.3 is 0 Å². The molecule has 17 heavy (non-hydrogen) atoms. The number of amides is 1. The van der Waals surface area contributed by atoms with E-state index in [1.165, 1.54) is 12.1 Å². The molecule has 0 saturated heterocycles. The third-order valence-corrected chi connectivity index (χ3v) is 2.57. The molecule has 0 aliphatic carbocycles. The number of hydrogen-bond acceptors (Lipinski definition) is 2. The van der Waals surface area contributed by atoms with Gasteiger partial charge in [0, 0.05) is 12.0 Å². The van der Waals surface area contributed by atoms with Crippen LogP contribution in [0.4, 0.5) is 4.39 Å². The second-order valence-corrected chi connectivity index (χ2v) is 4.51. The van der Waals surface area contributed by atoms with Gasteiger partial charge in [-0.15, -0.1) is 0 Å². The average Bonchev–Trinajstić information content (AvgIpc) is 2.27. The summed E-state index contributed by atoms with van der Waals surface area (Å²) < 4.78 is 13.1. The molecule has 0 atom stereocenters. The van der Waals surface area contributed by atoms with Crippen LogP contribution in [0.3, 0.4) is 0 Å². The van der Waals surface area contributed by atoms with Gasteiger partial charge in [0.25, 0.3) is 0 Å². The van der Waals surface area contributed by atoms with Crippen LogP contribution in [0.2, 0.25) is 0 Å². The van der Waals surface area contributed by atoms with Gasteiger partial charge in [0.15, 0.2) is 0 Å². The molecule has 4 heteroatoms. The monoisotopic (exact) mass is 234 g/mol. The van der Waals surface area contributed by atoms with Gasteiger partial charge in [0.2, 0.25) is 5.91 Å². The molecule has 0 radical (unpaired) electrons. The summed E-state index contributed by atoms with van der Waals surface area (Å²) >= 11 is 0. The van der Waals surface area contributed by atoms with Gasteiger partial charge in [-0.05, 0) is 17.7 Å².